The number of nitrogens with zero attached hydrogens (tertiary/aromatic N) is 2. The summed E-state index contributed by atoms with van der Waals surface area (Å²) in [5.41, 5.74) is 1.57. The minimum atomic E-state index is -3.90. The second-order valence-electron chi connectivity index (χ2n) is 4.95. The maximum atomic E-state index is 12.3. The zero-order chi connectivity index (χ0) is 16.4. The van der Waals surface area contributed by atoms with E-state index in [1.807, 2.05) is 18.5 Å². The summed E-state index contributed by atoms with van der Waals surface area (Å²) in [5, 5.41) is 0. The molecular formula is C16H16N2O4S. The van der Waals surface area contributed by atoms with Gasteiger partial charge in [-0.1, -0.05) is 0 Å². The fourth-order valence-corrected chi connectivity index (χ4v) is 3.13. The number of imidazole rings is 1. The van der Waals surface area contributed by atoms with E-state index in [0.29, 0.717) is 17.9 Å². The molecule has 0 bridgehead atoms. The van der Waals surface area contributed by atoms with Crippen molar-refractivity contribution >= 4 is 21.2 Å². The molecule has 120 valence electrons. The molecule has 0 aliphatic heterocycles. The number of aryl methyl sites for hydroxylation is 1. The lowest BCUT2D eigenvalue weighted by atomic mass is 10.3. The molecule has 2 aromatic carbocycles. The summed E-state index contributed by atoms with van der Waals surface area (Å²) in [5.74, 6) is 0.839. The first kappa shape index (κ1) is 15.4. The van der Waals surface area contributed by atoms with Crippen LogP contribution in [0.1, 0.15) is 6.92 Å². The summed E-state index contributed by atoms with van der Waals surface area (Å²) in [7, 11) is -2.03. The number of benzene rings is 2. The lowest BCUT2D eigenvalue weighted by Gasteiger charge is -2.08. The molecule has 23 heavy (non-hydrogen) atoms. The van der Waals surface area contributed by atoms with Crippen LogP contribution in [0.15, 0.2) is 53.7 Å². The van der Waals surface area contributed by atoms with Crippen LogP contribution in [0.25, 0.3) is 11.0 Å². The highest BCUT2D eigenvalue weighted by molar-refractivity contribution is 7.87. The Labute approximate surface area is 134 Å². The van der Waals surface area contributed by atoms with Gasteiger partial charge >= 0.3 is 10.1 Å². The molecule has 0 aliphatic rings. The topological polar surface area (TPSA) is 70.4 Å². The zero-order valence-electron chi connectivity index (χ0n) is 12.8. The third-order valence-corrected chi connectivity index (χ3v) is 4.59. The molecule has 7 heteroatoms. The standard InChI is InChI=1S/C16H16N2O4S/c1-3-21-12-4-7-14(8-5-12)23(19,20)22-13-6-9-16-15(10-13)17-11-18(16)2/h4-11H,3H2,1-2H3. The molecule has 0 unspecified atom stereocenters. The molecule has 1 heterocycles. The van der Waals surface area contributed by atoms with Gasteiger partial charge in [-0.05, 0) is 43.3 Å². The van der Waals surface area contributed by atoms with Crippen LogP contribution in [0.5, 0.6) is 11.5 Å². The summed E-state index contributed by atoms with van der Waals surface area (Å²) in [6.45, 7) is 2.38. The molecular weight excluding hydrogens is 316 g/mol. The van der Waals surface area contributed by atoms with Crippen molar-refractivity contribution < 1.29 is 17.3 Å². The van der Waals surface area contributed by atoms with E-state index in [9.17, 15) is 8.42 Å². The van der Waals surface area contributed by atoms with E-state index in [2.05, 4.69) is 4.98 Å². The number of fused-ring (bicyclic) bond motifs is 1. The maximum Gasteiger partial charge on any atom is 0.339 e. The van der Waals surface area contributed by atoms with Gasteiger partial charge in [0, 0.05) is 13.1 Å². The fourth-order valence-electron chi connectivity index (χ4n) is 2.21. The Morgan fingerprint density at radius 3 is 2.48 bits per heavy atom. The van der Waals surface area contributed by atoms with Crippen LogP contribution < -0.4 is 8.92 Å². The second kappa shape index (κ2) is 5.92. The van der Waals surface area contributed by atoms with Gasteiger partial charge in [-0.15, -0.1) is 0 Å². The van der Waals surface area contributed by atoms with Gasteiger partial charge in [0.15, 0.2) is 0 Å². The van der Waals surface area contributed by atoms with E-state index in [0.717, 1.165) is 5.52 Å². The van der Waals surface area contributed by atoms with Crippen molar-refractivity contribution in [2.24, 2.45) is 7.05 Å². The quantitative estimate of drug-likeness (QED) is 0.672. The number of aromatic nitrogens is 2. The molecule has 0 fully saturated rings. The monoisotopic (exact) mass is 332 g/mol. The Bertz CT molecular complexity index is 930. The van der Waals surface area contributed by atoms with Crippen LogP contribution in [0, 0.1) is 0 Å². The predicted molar refractivity (Wildman–Crippen MR) is 86.1 cm³/mol. The Hall–Kier alpha value is -2.54. The van der Waals surface area contributed by atoms with Gasteiger partial charge in [0.2, 0.25) is 0 Å². The molecule has 0 radical (unpaired) electrons. The molecule has 3 rings (SSSR count). The molecule has 0 amide bonds. The third-order valence-electron chi connectivity index (χ3n) is 3.33. The highest BCUT2D eigenvalue weighted by atomic mass is 32.2. The van der Waals surface area contributed by atoms with Gasteiger partial charge in [-0.25, -0.2) is 4.98 Å². The van der Waals surface area contributed by atoms with Crippen LogP contribution in [0.4, 0.5) is 0 Å². The highest BCUT2D eigenvalue weighted by Crippen LogP contribution is 2.24. The lowest BCUT2D eigenvalue weighted by molar-refractivity contribution is 0.340. The number of hydrogen-bond acceptors (Lipinski definition) is 5. The Morgan fingerprint density at radius 2 is 1.78 bits per heavy atom. The van der Waals surface area contributed by atoms with E-state index in [4.69, 9.17) is 8.92 Å². The van der Waals surface area contributed by atoms with E-state index < -0.39 is 10.1 Å². The first-order valence-corrected chi connectivity index (χ1v) is 8.49. The molecule has 1 aromatic heterocycles. The van der Waals surface area contributed by atoms with E-state index in [1.54, 1.807) is 36.7 Å². The van der Waals surface area contributed by atoms with Crippen molar-refractivity contribution in [1.82, 2.24) is 9.55 Å². The van der Waals surface area contributed by atoms with E-state index in [-0.39, 0.29) is 10.6 Å². The van der Waals surface area contributed by atoms with Crippen molar-refractivity contribution in [3.63, 3.8) is 0 Å². The largest absolute Gasteiger partial charge is 0.494 e. The van der Waals surface area contributed by atoms with Crippen molar-refractivity contribution in [1.29, 1.82) is 0 Å². The van der Waals surface area contributed by atoms with Gasteiger partial charge in [-0.3, -0.25) is 0 Å². The normalized spacial score (nSPS) is 11.6. The van der Waals surface area contributed by atoms with Crippen LogP contribution in [0.3, 0.4) is 0 Å². The molecule has 3 aromatic rings. The Morgan fingerprint density at radius 1 is 1.09 bits per heavy atom. The number of hydrogen-bond donors (Lipinski definition) is 0. The summed E-state index contributed by atoms with van der Waals surface area (Å²) in [6.07, 6.45) is 1.66. The average Bonchev–Trinajstić information content (AvgIpc) is 2.89. The molecule has 0 saturated carbocycles. The summed E-state index contributed by atoms with van der Waals surface area (Å²) in [6, 6.07) is 11.1. The number of ether oxygens (including phenoxy) is 1. The van der Waals surface area contributed by atoms with Crippen molar-refractivity contribution in [2.45, 2.75) is 11.8 Å². The second-order valence-corrected chi connectivity index (χ2v) is 6.49. The number of rotatable bonds is 5. The first-order chi connectivity index (χ1) is 11.0. The summed E-state index contributed by atoms with van der Waals surface area (Å²) in [4.78, 5) is 4.26. The average molecular weight is 332 g/mol. The molecule has 0 N–H and O–H groups in total. The Kier molecular flexibility index (Phi) is 3.96. The molecule has 0 aliphatic carbocycles. The maximum absolute atomic E-state index is 12.3. The van der Waals surface area contributed by atoms with E-state index >= 15 is 0 Å². The van der Waals surface area contributed by atoms with Gasteiger partial charge in [0.05, 0.1) is 24.0 Å². The van der Waals surface area contributed by atoms with E-state index in [1.165, 1.54) is 12.1 Å². The zero-order valence-corrected chi connectivity index (χ0v) is 13.6. The predicted octanol–water partition coefficient (Wildman–Crippen LogP) is 2.74. The minimum absolute atomic E-state index is 0.0714. The summed E-state index contributed by atoms with van der Waals surface area (Å²) < 4.78 is 37.0. The minimum Gasteiger partial charge on any atom is -0.494 e. The van der Waals surface area contributed by atoms with Gasteiger partial charge < -0.3 is 13.5 Å². The van der Waals surface area contributed by atoms with Crippen molar-refractivity contribution in [3.8, 4) is 11.5 Å². The SMILES string of the molecule is CCOc1ccc(S(=O)(=O)Oc2ccc3c(c2)ncn3C)cc1. The Balaban J connectivity index is 1.86. The van der Waals surface area contributed by atoms with Gasteiger partial charge in [0.1, 0.15) is 16.4 Å². The molecule has 0 saturated heterocycles. The highest BCUT2D eigenvalue weighted by Gasteiger charge is 2.17. The fraction of sp³-hybridized carbons (Fsp3) is 0.188. The smallest absolute Gasteiger partial charge is 0.339 e. The third kappa shape index (κ3) is 3.14. The van der Waals surface area contributed by atoms with Crippen LogP contribution >= 0.6 is 0 Å². The lowest BCUT2D eigenvalue weighted by Crippen LogP contribution is -2.09. The van der Waals surface area contributed by atoms with Crippen LogP contribution in [0.2, 0.25) is 0 Å². The summed E-state index contributed by atoms with van der Waals surface area (Å²) >= 11 is 0. The van der Waals surface area contributed by atoms with Crippen LogP contribution in [-0.2, 0) is 17.2 Å². The molecule has 0 spiro atoms. The first-order valence-electron chi connectivity index (χ1n) is 7.08. The van der Waals surface area contributed by atoms with Gasteiger partial charge in [0.25, 0.3) is 0 Å². The molecule has 0 atom stereocenters. The van der Waals surface area contributed by atoms with Gasteiger partial charge in [-0.2, -0.15) is 8.42 Å². The van der Waals surface area contributed by atoms with Crippen LogP contribution in [-0.4, -0.2) is 24.6 Å². The molecule has 6 nitrogen and oxygen atoms in total. The van der Waals surface area contributed by atoms with Crippen molar-refractivity contribution in [2.75, 3.05) is 6.61 Å². The van der Waals surface area contributed by atoms with Crippen molar-refractivity contribution in [3.05, 3.63) is 48.8 Å².